The van der Waals surface area contributed by atoms with Crippen molar-refractivity contribution in [3.63, 3.8) is 0 Å². The summed E-state index contributed by atoms with van der Waals surface area (Å²) in [4.78, 5) is 4.52. The first kappa shape index (κ1) is 12.8. The molecule has 1 aliphatic rings. The summed E-state index contributed by atoms with van der Waals surface area (Å²) in [6.45, 7) is 0.715. The molecule has 98 valence electrons. The first-order chi connectivity index (χ1) is 9.09. The van der Waals surface area contributed by atoms with Crippen LogP contribution in [0.5, 0.6) is 0 Å². The summed E-state index contributed by atoms with van der Waals surface area (Å²) < 4.78 is 27.2. The molecule has 1 aromatic carbocycles. The molecular weight excluding hydrogens is 328 g/mol. The van der Waals surface area contributed by atoms with Gasteiger partial charge in [-0.1, -0.05) is 18.2 Å². The number of hydrogen-bond donors (Lipinski definition) is 0. The highest BCUT2D eigenvalue weighted by Crippen LogP contribution is 2.30. The van der Waals surface area contributed by atoms with Gasteiger partial charge in [-0.05, 0) is 39.7 Å². The zero-order valence-corrected chi connectivity index (χ0v) is 12.4. The van der Waals surface area contributed by atoms with Gasteiger partial charge in [0, 0.05) is 17.2 Å². The quantitative estimate of drug-likeness (QED) is 0.845. The maximum absolute atomic E-state index is 12.6. The summed E-state index contributed by atoms with van der Waals surface area (Å²) in [5, 5.41) is 0. The van der Waals surface area contributed by atoms with Gasteiger partial charge in [0.25, 0.3) is 0 Å². The molecule has 2 heterocycles. The second-order valence-corrected chi connectivity index (χ2v) is 7.07. The Morgan fingerprint density at radius 1 is 1.11 bits per heavy atom. The molecule has 19 heavy (non-hydrogen) atoms. The normalized spacial score (nSPS) is 15.4. The third-order valence-corrected chi connectivity index (χ3v) is 5.92. The fraction of sp³-hybridized carbons (Fsp3) is 0.154. The van der Waals surface area contributed by atoms with Crippen LogP contribution in [0.1, 0.15) is 11.3 Å². The van der Waals surface area contributed by atoms with Gasteiger partial charge < -0.3 is 0 Å². The molecule has 0 saturated heterocycles. The number of pyridine rings is 1. The molecule has 0 aliphatic carbocycles. The third kappa shape index (κ3) is 2.20. The second kappa shape index (κ2) is 4.70. The Morgan fingerprint density at radius 3 is 2.63 bits per heavy atom. The Morgan fingerprint density at radius 2 is 1.89 bits per heavy atom. The molecule has 0 bridgehead atoms. The summed E-state index contributed by atoms with van der Waals surface area (Å²) in [5.74, 6) is 0. The largest absolute Gasteiger partial charge is 0.260 e. The highest BCUT2D eigenvalue weighted by molar-refractivity contribution is 9.10. The monoisotopic (exact) mass is 338 g/mol. The lowest BCUT2D eigenvalue weighted by atomic mass is 10.2. The molecular formula is C13H11BrN2O2S. The summed E-state index contributed by atoms with van der Waals surface area (Å²) in [6, 6.07) is 10.6. The number of benzene rings is 1. The lowest BCUT2D eigenvalue weighted by Crippen LogP contribution is -2.26. The molecule has 6 heteroatoms. The molecule has 0 N–H and O–H groups in total. The van der Waals surface area contributed by atoms with Gasteiger partial charge in [-0.15, -0.1) is 0 Å². The van der Waals surface area contributed by atoms with Gasteiger partial charge in [0.15, 0.2) is 0 Å². The van der Waals surface area contributed by atoms with Crippen molar-refractivity contribution in [2.24, 2.45) is 0 Å². The molecule has 0 unspecified atom stereocenters. The number of rotatable bonds is 2. The van der Waals surface area contributed by atoms with E-state index >= 15 is 0 Å². The Labute approximate surface area is 120 Å². The third-order valence-electron chi connectivity index (χ3n) is 3.11. The minimum absolute atomic E-state index is 0.294. The van der Waals surface area contributed by atoms with E-state index in [2.05, 4.69) is 20.9 Å². The summed E-state index contributed by atoms with van der Waals surface area (Å²) in [6.07, 6.45) is 1.69. The number of fused-ring (bicyclic) bond motifs is 1. The topological polar surface area (TPSA) is 50.3 Å². The molecule has 0 amide bonds. The van der Waals surface area contributed by atoms with Gasteiger partial charge in [-0.3, -0.25) is 4.98 Å². The van der Waals surface area contributed by atoms with Crippen molar-refractivity contribution in [2.45, 2.75) is 18.0 Å². The smallest absolute Gasteiger partial charge is 0.244 e. The number of halogens is 1. The van der Waals surface area contributed by atoms with E-state index in [1.54, 1.807) is 30.5 Å². The van der Waals surface area contributed by atoms with Gasteiger partial charge in [-0.25, -0.2) is 8.42 Å². The average molecular weight is 339 g/mol. The standard InChI is InChI=1S/C13H11BrN2O2S/c14-11-5-1-2-6-13(11)19(17,18)16-8-10-4-3-7-15-12(10)9-16/h1-7H,8-9H2. The van der Waals surface area contributed by atoms with Crippen LogP contribution < -0.4 is 0 Å². The van der Waals surface area contributed by atoms with E-state index in [0.29, 0.717) is 22.5 Å². The van der Waals surface area contributed by atoms with E-state index in [1.165, 1.54) is 4.31 Å². The van der Waals surface area contributed by atoms with Crippen LogP contribution in [-0.2, 0) is 23.1 Å². The van der Waals surface area contributed by atoms with E-state index in [-0.39, 0.29) is 0 Å². The molecule has 1 aromatic heterocycles. The molecule has 3 rings (SSSR count). The van der Waals surface area contributed by atoms with E-state index in [1.807, 2.05) is 12.1 Å². The first-order valence-electron chi connectivity index (χ1n) is 5.76. The maximum Gasteiger partial charge on any atom is 0.244 e. The van der Waals surface area contributed by atoms with Crippen LogP contribution >= 0.6 is 15.9 Å². The summed E-state index contributed by atoms with van der Waals surface area (Å²) in [5.41, 5.74) is 1.80. The van der Waals surface area contributed by atoms with Crippen molar-refractivity contribution >= 4 is 26.0 Å². The fourth-order valence-electron chi connectivity index (χ4n) is 2.13. The number of hydrogen-bond acceptors (Lipinski definition) is 3. The highest BCUT2D eigenvalue weighted by atomic mass is 79.9. The Hall–Kier alpha value is -1.24. The van der Waals surface area contributed by atoms with Gasteiger partial charge >= 0.3 is 0 Å². The Balaban J connectivity index is 1.99. The predicted molar refractivity (Wildman–Crippen MR) is 74.8 cm³/mol. The minimum Gasteiger partial charge on any atom is -0.260 e. The molecule has 0 spiro atoms. The van der Waals surface area contributed by atoms with E-state index < -0.39 is 10.0 Å². The average Bonchev–Trinajstić information content (AvgIpc) is 2.83. The number of sulfonamides is 1. The maximum atomic E-state index is 12.6. The van der Waals surface area contributed by atoms with Crippen LogP contribution in [0.2, 0.25) is 0 Å². The van der Waals surface area contributed by atoms with Crippen molar-refractivity contribution in [1.29, 1.82) is 0 Å². The highest BCUT2D eigenvalue weighted by Gasteiger charge is 2.32. The number of nitrogens with zero attached hydrogens (tertiary/aromatic N) is 2. The summed E-state index contributed by atoms with van der Waals surface area (Å²) >= 11 is 3.29. The van der Waals surface area contributed by atoms with E-state index in [0.717, 1.165) is 11.3 Å². The zero-order chi connectivity index (χ0) is 13.5. The minimum atomic E-state index is -3.49. The van der Waals surface area contributed by atoms with Gasteiger partial charge in [0.1, 0.15) is 0 Å². The van der Waals surface area contributed by atoms with Crippen LogP contribution in [0.3, 0.4) is 0 Å². The van der Waals surface area contributed by atoms with Gasteiger partial charge in [0.05, 0.1) is 17.1 Å². The van der Waals surface area contributed by atoms with Crippen molar-refractivity contribution in [2.75, 3.05) is 0 Å². The van der Waals surface area contributed by atoms with Crippen LogP contribution in [0, 0.1) is 0 Å². The van der Waals surface area contributed by atoms with Crippen LogP contribution in [0.15, 0.2) is 52.0 Å². The number of aromatic nitrogens is 1. The molecule has 0 atom stereocenters. The van der Waals surface area contributed by atoms with Crippen molar-refractivity contribution < 1.29 is 8.42 Å². The van der Waals surface area contributed by atoms with Crippen molar-refractivity contribution in [1.82, 2.24) is 9.29 Å². The van der Waals surface area contributed by atoms with E-state index in [4.69, 9.17) is 0 Å². The molecule has 0 fully saturated rings. The zero-order valence-electron chi connectivity index (χ0n) is 9.95. The first-order valence-corrected chi connectivity index (χ1v) is 8.00. The van der Waals surface area contributed by atoms with Crippen molar-refractivity contribution in [3.8, 4) is 0 Å². The fourth-order valence-corrected chi connectivity index (χ4v) is 4.48. The van der Waals surface area contributed by atoms with Crippen molar-refractivity contribution in [3.05, 3.63) is 58.3 Å². The molecule has 0 saturated carbocycles. The SMILES string of the molecule is O=S(=O)(c1ccccc1Br)N1Cc2cccnc2C1. The van der Waals surface area contributed by atoms with Gasteiger partial charge in [0.2, 0.25) is 10.0 Å². The van der Waals surface area contributed by atoms with E-state index in [9.17, 15) is 8.42 Å². The van der Waals surface area contributed by atoms with Gasteiger partial charge in [-0.2, -0.15) is 4.31 Å². The van der Waals surface area contributed by atoms with Crippen LogP contribution in [0.25, 0.3) is 0 Å². The predicted octanol–water partition coefficient (Wildman–Crippen LogP) is 2.55. The second-order valence-electron chi connectivity index (χ2n) is 4.31. The molecule has 1 aliphatic heterocycles. The molecule has 0 radical (unpaired) electrons. The van der Waals surface area contributed by atoms with Crippen LogP contribution in [0.4, 0.5) is 0 Å². The molecule has 4 nitrogen and oxygen atoms in total. The Kier molecular flexibility index (Phi) is 3.16. The lowest BCUT2D eigenvalue weighted by Gasteiger charge is -2.16. The molecule has 2 aromatic rings. The summed E-state index contributed by atoms with van der Waals surface area (Å²) in [7, 11) is -3.49. The Bertz CT molecular complexity index is 706. The van der Waals surface area contributed by atoms with Crippen LogP contribution in [-0.4, -0.2) is 17.7 Å². The lowest BCUT2D eigenvalue weighted by molar-refractivity contribution is 0.429.